The van der Waals surface area contributed by atoms with Gasteiger partial charge in [-0.05, 0) is 17.9 Å². The first-order valence-electron chi connectivity index (χ1n) is 7.65. The van der Waals surface area contributed by atoms with Crippen LogP contribution in [0.2, 0.25) is 10.3 Å². The van der Waals surface area contributed by atoms with Crippen LogP contribution in [0.25, 0.3) is 10.7 Å². The van der Waals surface area contributed by atoms with Gasteiger partial charge in [-0.25, -0.2) is 15.0 Å². The van der Waals surface area contributed by atoms with Gasteiger partial charge in [0.15, 0.2) is 5.82 Å². The molecule has 0 amide bonds. The highest BCUT2D eigenvalue weighted by atomic mass is 35.5. The van der Waals surface area contributed by atoms with Gasteiger partial charge in [0.25, 0.3) is 5.56 Å². The number of nitrogens with zero attached hydrogens (tertiary/aromatic N) is 4. The van der Waals surface area contributed by atoms with Gasteiger partial charge in [0, 0.05) is 30.8 Å². The number of rotatable bonds is 3. The molecule has 0 aliphatic carbocycles. The molecule has 0 aromatic carbocycles. The fourth-order valence-corrected chi connectivity index (χ4v) is 3.99. The number of hydrogen-bond donors (Lipinski definition) is 1. The van der Waals surface area contributed by atoms with Gasteiger partial charge in [-0.15, -0.1) is 11.3 Å². The molecule has 0 atom stereocenters. The smallest absolute Gasteiger partial charge is 0.254 e. The number of hydrogen-bond acceptors (Lipinski definition) is 6. The van der Waals surface area contributed by atoms with Crippen molar-refractivity contribution in [3.8, 4) is 10.7 Å². The lowest BCUT2D eigenvalue weighted by Gasteiger charge is -2.27. The van der Waals surface area contributed by atoms with E-state index < -0.39 is 0 Å². The molecule has 0 fully saturated rings. The highest BCUT2D eigenvalue weighted by Crippen LogP contribution is 2.26. The molecule has 0 saturated carbocycles. The number of thiophene rings is 1. The number of fused-ring (bicyclic) bond motifs is 1. The Labute approximate surface area is 157 Å². The maximum Gasteiger partial charge on any atom is 0.254 e. The van der Waals surface area contributed by atoms with Gasteiger partial charge >= 0.3 is 0 Å². The lowest BCUT2D eigenvalue weighted by atomic mass is 10.1. The molecule has 9 heteroatoms. The summed E-state index contributed by atoms with van der Waals surface area (Å²) in [5.41, 5.74) is 2.17. The average Bonchev–Trinajstić information content (AvgIpc) is 3.12. The van der Waals surface area contributed by atoms with E-state index in [1.165, 1.54) is 6.33 Å². The van der Waals surface area contributed by atoms with Crippen molar-refractivity contribution in [2.24, 2.45) is 0 Å². The topological polar surface area (TPSA) is 74.8 Å². The Morgan fingerprint density at radius 3 is 2.80 bits per heavy atom. The molecule has 25 heavy (non-hydrogen) atoms. The second-order valence-electron chi connectivity index (χ2n) is 5.71. The van der Waals surface area contributed by atoms with E-state index in [0.29, 0.717) is 41.2 Å². The lowest BCUT2D eigenvalue weighted by molar-refractivity contribution is 0.240. The van der Waals surface area contributed by atoms with E-state index in [1.54, 1.807) is 11.3 Å². The van der Waals surface area contributed by atoms with Crippen LogP contribution in [-0.2, 0) is 19.5 Å². The van der Waals surface area contributed by atoms with Crippen molar-refractivity contribution in [3.05, 3.63) is 61.3 Å². The standard InChI is InChI=1S/C16H13Cl2N5OS/c17-13-10(14(18)20-8-19-13)6-23-4-3-9-11(7-23)21-15(22-16(9)24)12-2-1-5-25-12/h1-2,5,8H,3-4,6-7H2,(H,21,22,24). The minimum atomic E-state index is -0.0628. The van der Waals surface area contributed by atoms with E-state index >= 15 is 0 Å². The fraction of sp³-hybridized carbons (Fsp3) is 0.250. The third-order valence-corrected chi connectivity index (χ3v) is 5.66. The molecular weight excluding hydrogens is 381 g/mol. The van der Waals surface area contributed by atoms with Crippen LogP contribution in [0.15, 0.2) is 28.6 Å². The Kier molecular flexibility index (Phi) is 4.56. The van der Waals surface area contributed by atoms with Crippen molar-refractivity contribution in [2.45, 2.75) is 19.5 Å². The van der Waals surface area contributed by atoms with E-state index in [1.807, 2.05) is 17.5 Å². The van der Waals surface area contributed by atoms with Crippen molar-refractivity contribution >= 4 is 34.5 Å². The molecule has 4 heterocycles. The number of aromatic amines is 1. The van der Waals surface area contributed by atoms with E-state index in [-0.39, 0.29) is 5.56 Å². The predicted molar refractivity (Wildman–Crippen MR) is 98.0 cm³/mol. The molecule has 0 radical (unpaired) electrons. The van der Waals surface area contributed by atoms with Crippen molar-refractivity contribution in [1.82, 2.24) is 24.8 Å². The summed E-state index contributed by atoms with van der Waals surface area (Å²) in [5, 5.41) is 2.66. The molecular formula is C16H13Cl2N5OS. The first-order chi connectivity index (χ1) is 12.1. The summed E-state index contributed by atoms with van der Waals surface area (Å²) < 4.78 is 0. The third-order valence-electron chi connectivity index (χ3n) is 4.13. The SMILES string of the molecule is O=c1[nH]c(-c2cccs2)nc2c1CCN(Cc1c(Cl)ncnc1Cl)C2. The number of halogens is 2. The molecule has 0 spiro atoms. The molecule has 0 saturated heterocycles. The summed E-state index contributed by atoms with van der Waals surface area (Å²) in [6.45, 7) is 1.79. The zero-order chi connectivity index (χ0) is 17.4. The molecule has 4 rings (SSSR count). The Hall–Kier alpha value is -1.80. The average molecular weight is 394 g/mol. The highest BCUT2D eigenvalue weighted by Gasteiger charge is 2.23. The molecule has 3 aromatic heterocycles. The molecule has 1 aliphatic rings. The van der Waals surface area contributed by atoms with E-state index in [4.69, 9.17) is 23.2 Å². The van der Waals surface area contributed by atoms with Crippen LogP contribution in [0.5, 0.6) is 0 Å². The molecule has 0 bridgehead atoms. The zero-order valence-electron chi connectivity index (χ0n) is 13.0. The second kappa shape index (κ2) is 6.84. The summed E-state index contributed by atoms with van der Waals surface area (Å²) in [5.74, 6) is 0.611. The summed E-state index contributed by atoms with van der Waals surface area (Å²) in [6, 6.07) is 3.88. The Balaban J connectivity index is 1.63. The monoisotopic (exact) mass is 393 g/mol. The first-order valence-corrected chi connectivity index (χ1v) is 9.28. The minimum absolute atomic E-state index is 0.0628. The first kappa shape index (κ1) is 16.7. The van der Waals surface area contributed by atoms with Crippen molar-refractivity contribution in [3.63, 3.8) is 0 Å². The fourth-order valence-electron chi connectivity index (χ4n) is 2.88. The third kappa shape index (κ3) is 3.32. The molecule has 6 nitrogen and oxygen atoms in total. The van der Waals surface area contributed by atoms with Crippen LogP contribution < -0.4 is 5.56 Å². The largest absolute Gasteiger partial charge is 0.306 e. The molecule has 1 N–H and O–H groups in total. The van der Waals surface area contributed by atoms with Gasteiger partial charge in [0.2, 0.25) is 0 Å². The van der Waals surface area contributed by atoms with Crippen LogP contribution in [0, 0.1) is 0 Å². The van der Waals surface area contributed by atoms with Gasteiger partial charge < -0.3 is 4.98 Å². The van der Waals surface area contributed by atoms with Crippen LogP contribution in [0.3, 0.4) is 0 Å². The molecule has 3 aromatic rings. The van der Waals surface area contributed by atoms with Gasteiger partial charge in [0.1, 0.15) is 16.6 Å². The van der Waals surface area contributed by atoms with Gasteiger partial charge in [-0.2, -0.15) is 0 Å². The van der Waals surface area contributed by atoms with Crippen LogP contribution >= 0.6 is 34.5 Å². The maximum atomic E-state index is 12.4. The van der Waals surface area contributed by atoms with Gasteiger partial charge in [0.05, 0.1) is 10.6 Å². The quantitative estimate of drug-likeness (QED) is 0.691. The second-order valence-corrected chi connectivity index (χ2v) is 7.38. The number of nitrogens with one attached hydrogen (secondary N) is 1. The molecule has 128 valence electrons. The number of aromatic nitrogens is 4. The molecule has 1 aliphatic heterocycles. The summed E-state index contributed by atoms with van der Waals surface area (Å²) in [4.78, 5) is 31.0. The molecule has 0 unspecified atom stereocenters. The summed E-state index contributed by atoms with van der Waals surface area (Å²) >= 11 is 13.8. The van der Waals surface area contributed by atoms with Crippen molar-refractivity contribution in [2.75, 3.05) is 6.54 Å². The van der Waals surface area contributed by atoms with Crippen molar-refractivity contribution in [1.29, 1.82) is 0 Å². The number of H-pyrrole nitrogens is 1. The zero-order valence-corrected chi connectivity index (χ0v) is 15.3. The Bertz CT molecular complexity index is 953. The Morgan fingerprint density at radius 1 is 1.28 bits per heavy atom. The summed E-state index contributed by atoms with van der Waals surface area (Å²) in [7, 11) is 0. The van der Waals surface area contributed by atoms with Gasteiger partial charge in [-0.1, -0.05) is 29.3 Å². The van der Waals surface area contributed by atoms with Crippen LogP contribution in [-0.4, -0.2) is 31.4 Å². The van der Waals surface area contributed by atoms with Crippen LogP contribution in [0.1, 0.15) is 16.8 Å². The Morgan fingerprint density at radius 2 is 2.08 bits per heavy atom. The van der Waals surface area contributed by atoms with Crippen LogP contribution in [0.4, 0.5) is 0 Å². The van der Waals surface area contributed by atoms with Gasteiger partial charge in [-0.3, -0.25) is 9.69 Å². The van der Waals surface area contributed by atoms with Crippen molar-refractivity contribution < 1.29 is 0 Å². The summed E-state index contributed by atoms with van der Waals surface area (Å²) in [6.07, 6.45) is 1.97. The predicted octanol–water partition coefficient (Wildman–Crippen LogP) is 3.15. The van der Waals surface area contributed by atoms with E-state index in [0.717, 1.165) is 22.7 Å². The lowest BCUT2D eigenvalue weighted by Crippen LogP contribution is -2.35. The van der Waals surface area contributed by atoms with E-state index in [9.17, 15) is 4.79 Å². The highest BCUT2D eigenvalue weighted by molar-refractivity contribution is 7.13. The maximum absolute atomic E-state index is 12.4. The normalized spacial score (nSPS) is 14.5. The van der Waals surface area contributed by atoms with E-state index in [2.05, 4.69) is 24.8 Å². The minimum Gasteiger partial charge on any atom is -0.306 e.